The van der Waals surface area contributed by atoms with Gasteiger partial charge in [0.25, 0.3) is 0 Å². The minimum absolute atomic E-state index is 0.0863. The Labute approximate surface area is 89.7 Å². The molecule has 0 fully saturated rings. The predicted octanol–water partition coefficient (Wildman–Crippen LogP) is 1.67. The summed E-state index contributed by atoms with van der Waals surface area (Å²) in [6.45, 7) is 5.96. The van der Waals surface area contributed by atoms with Crippen LogP contribution in [-0.4, -0.2) is 22.7 Å². The molecule has 0 saturated carbocycles. The third kappa shape index (κ3) is 4.32. The first-order valence-electron chi connectivity index (χ1n) is 4.73. The maximum atomic E-state index is 5.39. The average molecular weight is 206 g/mol. The van der Waals surface area contributed by atoms with Crippen molar-refractivity contribution in [1.29, 1.82) is 0 Å². The van der Waals surface area contributed by atoms with Crippen molar-refractivity contribution in [3.05, 3.63) is 12.4 Å². The Morgan fingerprint density at radius 3 is 2.73 bits per heavy atom. The van der Waals surface area contributed by atoms with Crippen LogP contribution in [0, 0.1) is 11.8 Å². The molecular formula is C11H14N2O2. The molecule has 15 heavy (non-hydrogen) atoms. The van der Waals surface area contributed by atoms with E-state index >= 15 is 0 Å². The molecule has 0 amide bonds. The molecular weight excluding hydrogens is 192 g/mol. The Kier molecular flexibility index (Phi) is 4.42. The van der Waals surface area contributed by atoms with E-state index in [0.29, 0.717) is 18.4 Å². The summed E-state index contributed by atoms with van der Waals surface area (Å²) in [5, 5.41) is 0. The molecule has 0 saturated heterocycles. The Balaban J connectivity index is 2.60. The Bertz CT molecular complexity index is 366. The summed E-state index contributed by atoms with van der Waals surface area (Å²) in [4.78, 5) is 7.90. The lowest BCUT2D eigenvalue weighted by atomic mass is 10.5. The smallest absolute Gasteiger partial charge is 0.221 e. The molecule has 0 spiro atoms. The van der Waals surface area contributed by atoms with Crippen LogP contribution in [0.25, 0.3) is 0 Å². The van der Waals surface area contributed by atoms with Gasteiger partial charge in [-0.05, 0) is 20.8 Å². The van der Waals surface area contributed by atoms with Crippen molar-refractivity contribution in [2.24, 2.45) is 0 Å². The van der Waals surface area contributed by atoms with Crippen LogP contribution in [0.2, 0.25) is 0 Å². The fourth-order valence-electron chi connectivity index (χ4n) is 0.890. The molecule has 0 aliphatic carbocycles. The number of aromatic nitrogens is 2. The van der Waals surface area contributed by atoms with Gasteiger partial charge in [0.15, 0.2) is 6.61 Å². The summed E-state index contributed by atoms with van der Waals surface area (Å²) in [5.74, 6) is 6.51. The lowest BCUT2D eigenvalue weighted by Gasteiger charge is -2.08. The zero-order valence-corrected chi connectivity index (χ0v) is 9.15. The highest BCUT2D eigenvalue weighted by Gasteiger charge is 2.01. The molecule has 1 heterocycles. The third-order valence-electron chi connectivity index (χ3n) is 1.44. The number of ether oxygens (including phenoxy) is 2. The van der Waals surface area contributed by atoms with Crippen LogP contribution in [0.5, 0.6) is 11.8 Å². The van der Waals surface area contributed by atoms with Crippen LogP contribution in [0.3, 0.4) is 0 Å². The van der Waals surface area contributed by atoms with Crippen molar-refractivity contribution in [3.8, 4) is 23.6 Å². The number of nitrogens with zero attached hydrogens (tertiary/aromatic N) is 2. The molecule has 0 aromatic carbocycles. The highest BCUT2D eigenvalue weighted by Crippen LogP contribution is 2.13. The second-order valence-corrected chi connectivity index (χ2v) is 3.08. The van der Waals surface area contributed by atoms with Crippen molar-refractivity contribution in [2.45, 2.75) is 26.9 Å². The summed E-state index contributed by atoms with van der Waals surface area (Å²) < 4.78 is 10.7. The molecule has 1 aromatic rings. The molecule has 0 unspecified atom stereocenters. The molecule has 0 atom stereocenters. The SMILES string of the molecule is CC#CCOc1cc(OC(C)C)ncn1. The Morgan fingerprint density at radius 1 is 1.33 bits per heavy atom. The predicted molar refractivity (Wildman–Crippen MR) is 56.7 cm³/mol. The molecule has 0 aliphatic heterocycles. The lowest BCUT2D eigenvalue weighted by molar-refractivity contribution is 0.230. The van der Waals surface area contributed by atoms with E-state index in [0.717, 1.165) is 0 Å². The monoisotopic (exact) mass is 206 g/mol. The van der Waals surface area contributed by atoms with Crippen molar-refractivity contribution in [3.63, 3.8) is 0 Å². The largest absolute Gasteiger partial charge is 0.475 e. The van der Waals surface area contributed by atoms with E-state index in [9.17, 15) is 0 Å². The molecule has 4 heteroatoms. The van der Waals surface area contributed by atoms with E-state index in [1.165, 1.54) is 6.33 Å². The van der Waals surface area contributed by atoms with Gasteiger partial charge in [-0.3, -0.25) is 0 Å². The van der Waals surface area contributed by atoms with E-state index in [1.807, 2.05) is 13.8 Å². The molecule has 0 bridgehead atoms. The Morgan fingerprint density at radius 2 is 2.07 bits per heavy atom. The van der Waals surface area contributed by atoms with Gasteiger partial charge >= 0.3 is 0 Å². The Hall–Kier alpha value is -1.76. The number of rotatable bonds is 4. The number of hydrogen-bond acceptors (Lipinski definition) is 4. The molecule has 1 rings (SSSR count). The van der Waals surface area contributed by atoms with E-state index in [-0.39, 0.29) is 6.10 Å². The van der Waals surface area contributed by atoms with E-state index in [1.54, 1.807) is 13.0 Å². The third-order valence-corrected chi connectivity index (χ3v) is 1.44. The minimum atomic E-state index is 0.0863. The van der Waals surface area contributed by atoms with Crippen molar-refractivity contribution >= 4 is 0 Å². The molecule has 1 aromatic heterocycles. The second kappa shape index (κ2) is 5.86. The van der Waals surface area contributed by atoms with Gasteiger partial charge in [0.05, 0.1) is 12.2 Å². The van der Waals surface area contributed by atoms with Gasteiger partial charge in [-0.15, -0.1) is 5.92 Å². The minimum Gasteiger partial charge on any atom is -0.475 e. The van der Waals surface area contributed by atoms with E-state index < -0.39 is 0 Å². The second-order valence-electron chi connectivity index (χ2n) is 3.08. The van der Waals surface area contributed by atoms with Crippen LogP contribution in [0.1, 0.15) is 20.8 Å². The zero-order chi connectivity index (χ0) is 11.1. The maximum Gasteiger partial charge on any atom is 0.221 e. The van der Waals surface area contributed by atoms with Crippen molar-refractivity contribution < 1.29 is 9.47 Å². The van der Waals surface area contributed by atoms with Crippen LogP contribution in [0.4, 0.5) is 0 Å². The van der Waals surface area contributed by atoms with Gasteiger partial charge in [0.2, 0.25) is 11.8 Å². The van der Waals surface area contributed by atoms with E-state index in [4.69, 9.17) is 9.47 Å². The first-order valence-corrected chi connectivity index (χ1v) is 4.73. The van der Waals surface area contributed by atoms with Gasteiger partial charge in [-0.1, -0.05) is 5.92 Å². The first-order chi connectivity index (χ1) is 7.22. The summed E-state index contributed by atoms with van der Waals surface area (Å²) in [6, 6.07) is 1.65. The quantitative estimate of drug-likeness (QED) is 0.703. The van der Waals surface area contributed by atoms with Crippen LogP contribution in [0.15, 0.2) is 12.4 Å². The van der Waals surface area contributed by atoms with Gasteiger partial charge in [-0.25, -0.2) is 9.97 Å². The highest BCUT2D eigenvalue weighted by atomic mass is 16.5. The molecule has 0 N–H and O–H groups in total. The highest BCUT2D eigenvalue weighted by molar-refractivity contribution is 5.18. The summed E-state index contributed by atoms with van der Waals surface area (Å²) in [5.41, 5.74) is 0. The van der Waals surface area contributed by atoms with Crippen molar-refractivity contribution in [2.75, 3.05) is 6.61 Å². The van der Waals surface area contributed by atoms with Gasteiger partial charge in [-0.2, -0.15) is 0 Å². The molecule has 0 radical (unpaired) electrons. The van der Waals surface area contributed by atoms with Gasteiger partial charge in [0.1, 0.15) is 6.33 Å². The zero-order valence-electron chi connectivity index (χ0n) is 9.15. The normalized spacial score (nSPS) is 9.33. The molecule has 4 nitrogen and oxygen atoms in total. The first kappa shape index (κ1) is 11.3. The summed E-state index contributed by atoms with van der Waals surface area (Å²) in [6.07, 6.45) is 1.50. The van der Waals surface area contributed by atoms with Crippen LogP contribution < -0.4 is 9.47 Å². The van der Waals surface area contributed by atoms with Crippen LogP contribution >= 0.6 is 0 Å². The standard InChI is InChI=1S/C11H14N2O2/c1-4-5-6-14-10-7-11(13-8-12-10)15-9(2)3/h7-9H,6H2,1-3H3. The average Bonchev–Trinajstić information content (AvgIpc) is 2.18. The summed E-state index contributed by atoms with van der Waals surface area (Å²) in [7, 11) is 0. The molecule has 0 aliphatic rings. The van der Waals surface area contributed by atoms with E-state index in [2.05, 4.69) is 21.8 Å². The summed E-state index contributed by atoms with van der Waals surface area (Å²) >= 11 is 0. The number of hydrogen-bond donors (Lipinski definition) is 0. The fraction of sp³-hybridized carbons (Fsp3) is 0.455. The molecule has 80 valence electrons. The van der Waals surface area contributed by atoms with Gasteiger partial charge < -0.3 is 9.47 Å². The fourth-order valence-corrected chi connectivity index (χ4v) is 0.890. The van der Waals surface area contributed by atoms with Crippen molar-refractivity contribution in [1.82, 2.24) is 9.97 Å². The van der Waals surface area contributed by atoms with Gasteiger partial charge in [0, 0.05) is 0 Å². The lowest BCUT2D eigenvalue weighted by Crippen LogP contribution is -2.07. The maximum absolute atomic E-state index is 5.39. The van der Waals surface area contributed by atoms with Crippen LogP contribution in [-0.2, 0) is 0 Å². The topological polar surface area (TPSA) is 44.2 Å².